The van der Waals surface area contributed by atoms with Crippen molar-refractivity contribution in [3.63, 3.8) is 0 Å². The van der Waals surface area contributed by atoms with Gasteiger partial charge in [-0.3, -0.25) is 14.2 Å². The van der Waals surface area contributed by atoms with E-state index in [9.17, 15) is 14.4 Å². The number of aromatic nitrogens is 3. The van der Waals surface area contributed by atoms with Crippen LogP contribution in [0.15, 0.2) is 75.7 Å². The third-order valence-corrected chi connectivity index (χ3v) is 6.80. The Labute approximate surface area is 234 Å². The maximum absolute atomic E-state index is 13.9. The molecule has 11 heteroatoms. The largest absolute Gasteiger partial charge is 0.493 e. The second-order valence-corrected chi connectivity index (χ2v) is 9.30. The van der Waals surface area contributed by atoms with E-state index >= 15 is 0 Å². The number of imidazole rings is 1. The van der Waals surface area contributed by atoms with Crippen molar-refractivity contribution in [3.05, 3.63) is 104 Å². The van der Waals surface area contributed by atoms with E-state index in [4.69, 9.17) is 19.9 Å². The highest BCUT2D eigenvalue weighted by atomic mass is 16.5. The standard InChI is InChI=1S/C30H29N5O6/c1-5-41-29(38)25-16(2)32-30-34-22(15-20-10-11-21(33-20)17-7-6-8-19(13-17)27(31)36)28(37)35(30)26(25)18-9-12-23(39-3)24(14-18)40-4/h6-15,26,33H,5H2,1-4H3,(H2,31,36)(H,32,34)/b22-15+. The molecule has 0 radical (unpaired) electrons. The number of nitrogens with zero attached hydrogens (tertiary/aromatic N) is 2. The van der Waals surface area contributed by atoms with Crippen LogP contribution in [0.4, 0.5) is 0 Å². The first-order valence-corrected chi connectivity index (χ1v) is 12.9. The summed E-state index contributed by atoms with van der Waals surface area (Å²) >= 11 is 0. The third kappa shape index (κ3) is 5.05. The number of carbonyl (C=O) groups excluding carboxylic acids is 2. The Hall–Kier alpha value is -5.32. The number of allylic oxidation sites excluding steroid dienone is 1. The van der Waals surface area contributed by atoms with Gasteiger partial charge >= 0.3 is 5.97 Å². The summed E-state index contributed by atoms with van der Waals surface area (Å²) in [5.74, 6) is -0.126. The lowest BCUT2D eigenvalue weighted by atomic mass is 9.95. The van der Waals surface area contributed by atoms with Gasteiger partial charge in [-0.1, -0.05) is 18.2 Å². The zero-order valence-corrected chi connectivity index (χ0v) is 23.0. The predicted molar refractivity (Wildman–Crippen MR) is 151 cm³/mol. The summed E-state index contributed by atoms with van der Waals surface area (Å²) < 4.78 is 17.6. The number of amides is 1. The Morgan fingerprint density at radius 1 is 1.05 bits per heavy atom. The second kappa shape index (κ2) is 11.0. The second-order valence-electron chi connectivity index (χ2n) is 9.30. The number of aromatic amines is 2. The lowest BCUT2D eigenvalue weighted by molar-refractivity contribution is -0.139. The molecule has 2 aromatic carbocycles. The van der Waals surface area contributed by atoms with Gasteiger partial charge in [0.1, 0.15) is 5.35 Å². The molecule has 0 spiro atoms. The average Bonchev–Trinajstić information content (AvgIpc) is 3.56. The molecule has 0 bridgehead atoms. The van der Waals surface area contributed by atoms with E-state index in [1.54, 1.807) is 56.3 Å². The zero-order chi connectivity index (χ0) is 29.3. The molecular formula is C30H29N5O6. The van der Waals surface area contributed by atoms with Crippen LogP contribution in [0.3, 0.4) is 0 Å². The molecule has 0 saturated carbocycles. The number of H-pyrrole nitrogens is 2. The highest BCUT2D eigenvalue weighted by Gasteiger charge is 2.33. The SMILES string of the molecule is CCOC(=O)C1=C(C)N=c2[nH]/c(=C/c3ccc(-c4cccc(C(N)=O)c4)[nH]3)c(=O)n2C1c1ccc(OC)c(OC)c1. The van der Waals surface area contributed by atoms with Crippen molar-refractivity contribution < 1.29 is 23.8 Å². The number of hydrogen-bond donors (Lipinski definition) is 3. The van der Waals surface area contributed by atoms with Gasteiger partial charge in [0.2, 0.25) is 11.5 Å². The highest BCUT2D eigenvalue weighted by Crippen LogP contribution is 2.35. The molecule has 1 amide bonds. The van der Waals surface area contributed by atoms with Crippen LogP contribution in [0, 0.1) is 0 Å². The van der Waals surface area contributed by atoms with Gasteiger partial charge in [0.05, 0.1) is 38.1 Å². The molecule has 5 rings (SSSR count). The fraction of sp³-hybridized carbons (Fsp3) is 0.200. The molecule has 2 aromatic heterocycles. The Bertz CT molecular complexity index is 1880. The molecule has 41 heavy (non-hydrogen) atoms. The van der Waals surface area contributed by atoms with Crippen LogP contribution in [0.25, 0.3) is 17.3 Å². The first-order chi connectivity index (χ1) is 19.7. The summed E-state index contributed by atoms with van der Waals surface area (Å²) in [5, 5.41) is 0.256. The fourth-order valence-electron chi connectivity index (χ4n) is 4.89. The topological polar surface area (TPSA) is 154 Å². The smallest absolute Gasteiger partial charge is 0.338 e. The van der Waals surface area contributed by atoms with Gasteiger partial charge in [-0.15, -0.1) is 0 Å². The van der Waals surface area contributed by atoms with Crippen molar-refractivity contribution >= 4 is 18.0 Å². The number of nitrogens with one attached hydrogen (secondary N) is 2. The van der Waals surface area contributed by atoms with Crippen molar-refractivity contribution in [2.45, 2.75) is 19.9 Å². The van der Waals surface area contributed by atoms with E-state index in [0.717, 1.165) is 11.3 Å². The summed E-state index contributed by atoms with van der Waals surface area (Å²) in [6.45, 7) is 3.59. The molecule has 11 nitrogen and oxygen atoms in total. The van der Waals surface area contributed by atoms with Crippen LogP contribution >= 0.6 is 0 Å². The maximum Gasteiger partial charge on any atom is 0.338 e. The number of rotatable bonds is 8. The van der Waals surface area contributed by atoms with Gasteiger partial charge in [0.15, 0.2) is 11.5 Å². The molecular weight excluding hydrogens is 526 g/mol. The summed E-state index contributed by atoms with van der Waals surface area (Å²) in [5.41, 5.74) is 9.14. The van der Waals surface area contributed by atoms with Gasteiger partial charge in [0.25, 0.3) is 5.56 Å². The summed E-state index contributed by atoms with van der Waals surface area (Å²) in [7, 11) is 3.04. The molecule has 0 saturated heterocycles. The van der Waals surface area contributed by atoms with Gasteiger partial charge < -0.3 is 29.9 Å². The van der Waals surface area contributed by atoms with Crippen LogP contribution in [-0.2, 0) is 9.53 Å². The lowest BCUT2D eigenvalue weighted by Crippen LogP contribution is -2.40. The van der Waals surface area contributed by atoms with E-state index in [1.165, 1.54) is 18.8 Å². The highest BCUT2D eigenvalue weighted by molar-refractivity contribution is 5.94. The Balaban J connectivity index is 1.64. The number of benzene rings is 2. The lowest BCUT2D eigenvalue weighted by Gasteiger charge is -2.25. The molecule has 3 heterocycles. The van der Waals surface area contributed by atoms with Crippen LogP contribution in [-0.4, -0.2) is 47.2 Å². The van der Waals surface area contributed by atoms with Crippen molar-refractivity contribution in [1.29, 1.82) is 0 Å². The Morgan fingerprint density at radius 2 is 1.83 bits per heavy atom. The van der Waals surface area contributed by atoms with Gasteiger partial charge in [-0.2, -0.15) is 0 Å². The van der Waals surface area contributed by atoms with Crippen LogP contribution in [0.2, 0.25) is 0 Å². The van der Waals surface area contributed by atoms with E-state index in [2.05, 4.69) is 15.0 Å². The van der Waals surface area contributed by atoms with Crippen molar-refractivity contribution in [2.24, 2.45) is 10.7 Å². The normalized spacial score (nSPS) is 14.8. The molecule has 0 aliphatic carbocycles. The number of ether oxygens (including phenoxy) is 3. The van der Waals surface area contributed by atoms with Gasteiger partial charge in [0, 0.05) is 17.0 Å². The number of fused-ring (bicyclic) bond motifs is 1. The van der Waals surface area contributed by atoms with E-state index in [0.29, 0.717) is 34.0 Å². The minimum absolute atomic E-state index is 0.166. The van der Waals surface area contributed by atoms with Crippen LogP contribution in [0.5, 0.6) is 11.5 Å². The number of esters is 1. The van der Waals surface area contributed by atoms with E-state index in [1.807, 2.05) is 18.2 Å². The number of primary amides is 1. The first kappa shape index (κ1) is 27.3. The van der Waals surface area contributed by atoms with E-state index < -0.39 is 17.9 Å². The zero-order valence-electron chi connectivity index (χ0n) is 23.0. The molecule has 4 N–H and O–H groups in total. The Morgan fingerprint density at radius 3 is 2.54 bits per heavy atom. The minimum Gasteiger partial charge on any atom is -0.493 e. The molecule has 0 fully saturated rings. The number of nitrogens with two attached hydrogens (primary N) is 1. The van der Waals surface area contributed by atoms with Gasteiger partial charge in [-0.05, 0) is 67.4 Å². The van der Waals surface area contributed by atoms with Crippen LogP contribution < -0.4 is 31.7 Å². The molecule has 4 aromatic rings. The molecule has 1 aliphatic rings. The summed E-state index contributed by atoms with van der Waals surface area (Å²) in [6.07, 6.45) is 1.66. The van der Waals surface area contributed by atoms with Crippen LogP contribution in [0.1, 0.15) is 41.5 Å². The van der Waals surface area contributed by atoms with Gasteiger partial charge in [-0.25, -0.2) is 9.79 Å². The minimum atomic E-state index is -0.831. The summed E-state index contributed by atoms with van der Waals surface area (Å²) in [6, 6.07) is 15.0. The fourth-order valence-corrected chi connectivity index (χ4v) is 4.89. The summed E-state index contributed by atoms with van der Waals surface area (Å²) in [4.78, 5) is 49.5. The molecule has 210 valence electrons. The monoisotopic (exact) mass is 555 g/mol. The third-order valence-electron chi connectivity index (χ3n) is 6.80. The Kier molecular flexibility index (Phi) is 7.34. The van der Waals surface area contributed by atoms with E-state index in [-0.39, 0.29) is 28.7 Å². The number of carbonyl (C=O) groups is 2. The van der Waals surface area contributed by atoms with Crippen molar-refractivity contribution in [2.75, 3.05) is 20.8 Å². The molecule has 1 atom stereocenters. The van der Waals surface area contributed by atoms with Crippen molar-refractivity contribution in [1.82, 2.24) is 14.5 Å². The average molecular weight is 556 g/mol. The predicted octanol–water partition coefficient (Wildman–Crippen LogP) is 2.18. The number of hydrogen-bond acceptors (Lipinski definition) is 7. The quantitative estimate of drug-likeness (QED) is 0.283. The molecule has 1 unspecified atom stereocenters. The maximum atomic E-state index is 13.9. The van der Waals surface area contributed by atoms with Crippen molar-refractivity contribution in [3.8, 4) is 22.8 Å². The first-order valence-electron chi connectivity index (χ1n) is 12.9. The molecule has 1 aliphatic heterocycles. The number of methoxy groups -OCH3 is 2.